The molecule has 16 nitrogen and oxygen atoms in total. The number of carbonyl (C=O) groups excluding carboxylic acids is 4. The molecule has 3 aliphatic rings. The van der Waals surface area contributed by atoms with Crippen LogP contribution in [-0.2, 0) is 35.1 Å². The summed E-state index contributed by atoms with van der Waals surface area (Å²) in [6, 6.07) is 12.4. The van der Waals surface area contributed by atoms with E-state index in [0.717, 1.165) is 80.6 Å². The molecule has 2 fully saturated rings. The van der Waals surface area contributed by atoms with Crippen molar-refractivity contribution in [2.24, 2.45) is 11.8 Å². The van der Waals surface area contributed by atoms with Gasteiger partial charge in [-0.3, -0.25) is 9.59 Å². The van der Waals surface area contributed by atoms with Gasteiger partial charge in [-0.15, -0.1) is 0 Å². The second kappa shape index (κ2) is 17.4. The van der Waals surface area contributed by atoms with E-state index >= 15 is 0 Å². The number of fused-ring (bicyclic) bond motifs is 6. The highest BCUT2D eigenvalue weighted by Gasteiger charge is 2.45. The van der Waals surface area contributed by atoms with Crippen LogP contribution in [0.2, 0.25) is 0 Å². The first-order chi connectivity index (χ1) is 29.8. The molecular formula is C46H55N7O9. The van der Waals surface area contributed by atoms with E-state index in [-0.39, 0.29) is 41.5 Å². The zero-order valence-corrected chi connectivity index (χ0v) is 36.4. The van der Waals surface area contributed by atoms with Crippen molar-refractivity contribution in [2.45, 2.75) is 102 Å². The van der Waals surface area contributed by atoms with Crippen LogP contribution in [0.5, 0.6) is 5.75 Å². The standard InChI is InChI=1S/C46H55N7O9/c1-22-9-13-30(37(22)41(54)38(24(3)58-5)51-45(56)60-7)42-47-20-34(49-42)27-11-14-29-28(17-27)21-62-36-19-31-26(18-32(29)36)12-15-33-40(31)50-43(48-33)35-16-10-23(2)53(35)44(55)39(25(4)59-6)52-46(57)61-8/h11-12,14-15,17-20,22-25,30,35,37-39H,9-10,13,16,21H2,1-8H3,(H,47,49)(H,48,50)(H,51,56)(H,52,57)/t22-,23-,24+,25+,30+,35-,37?,38-,39-/m0/s1. The number of alkyl carbamates (subject to hydrolysis) is 2. The minimum Gasteiger partial charge on any atom is -0.488 e. The third-order valence-electron chi connectivity index (χ3n) is 13.3. The van der Waals surface area contributed by atoms with Gasteiger partial charge < -0.3 is 49.2 Å². The molecule has 0 radical (unpaired) electrons. The number of amides is 3. The number of H-pyrrole nitrogens is 2. The Bertz CT molecular complexity index is 2520. The van der Waals surface area contributed by atoms with Crippen molar-refractivity contribution < 1.29 is 42.9 Å². The molecule has 5 aromatic rings. The van der Waals surface area contributed by atoms with Gasteiger partial charge in [0.05, 0.1) is 55.4 Å². The summed E-state index contributed by atoms with van der Waals surface area (Å²) in [4.78, 5) is 71.2. The fraction of sp³-hybridized carbons (Fsp3) is 0.478. The van der Waals surface area contributed by atoms with E-state index < -0.39 is 36.5 Å². The van der Waals surface area contributed by atoms with Crippen LogP contribution in [0.1, 0.15) is 82.6 Å². The maximum atomic E-state index is 14.0. The van der Waals surface area contributed by atoms with Gasteiger partial charge in [-0.05, 0) is 98.7 Å². The predicted octanol–water partition coefficient (Wildman–Crippen LogP) is 6.94. The monoisotopic (exact) mass is 849 g/mol. The molecule has 16 heteroatoms. The van der Waals surface area contributed by atoms with Crippen LogP contribution in [0.15, 0.2) is 48.7 Å². The summed E-state index contributed by atoms with van der Waals surface area (Å²) in [7, 11) is 5.56. The molecule has 62 heavy (non-hydrogen) atoms. The number of Topliss-reactive ketones (excluding diaryl/α,β-unsaturated/α-hetero) is 1. The fourth-order valence-electron chi connectivity index (χ4n) is 9.72. The molecular weight excluding hydrogens is 795 g/mol. The number of methoxy groups -OCH3 is 4. The highest BCUT2D eigenvalue weighted by atomic mass is 16.5. The zero-order chi connectivity index (χ0) is 44.0. The first kappa shape index (κ1) is 42.7. The minimum absolute atomic E-state index is 0.0829. The molecule has 0 spiro atoms. The first-order valence-electron chi connectivity index (χ1n) is 21.2. The number of aromatic nitrogens is 4. The number of hydrogen-bond acceptors (Lipinski definition) is 11. The second-order valence-electron chi connectivity index (χ2n) is 16.9. The average molecular weight is 850 g/mol. The lowest BCUT2D eigenvalue weighted by atomic mass is 9.82. The highest BCUT2D eigenvalue weighted by Crippen LogP contribution is 2.46. The Morgan fingerprint density at radius 2 is 1.55 bits per heavy atom. The summed E-state index contributed by atoms with van der Waals surface area (Å²) in [5, 5.41) is 7.28. The van der Waals surface area contributed by atoms with Gasteiger partial charge in [0.15, 0.2) is 5.78 Å². The van der Waals surface area contributed by atoms with Crippen LogP contribution in [-0.4, -0.2) is 107 Å². The van der Waals surface area contributed by atoms with Crippen LogP contribution < -0.4 is 15.4 Å². The quantitative estimate of drug-likeness (QED) is 0.101. The van der Waals surface area contributed by atoms with E-state index in [9.17, 15) is 19.2 Å². The number of aromatic amines is 2. The molecule has 0 bridgehead atoms. The number of benzene rings is 3. The van der Waals surface area contributed by atoms with Crippen LogP contribution in [0.4, 0.5) is 9.59 Å². The smallest absolute Gasteiger partial charge is 0.407 e. The summed E-state index contributed by atoms with van der Waals surface area (Å²) in [6.07, 6.45) is 2.43. The lowest BCUT2D eigenvalue weighted by molar-refractivity contribution is -0.139. The number of rotatable bonds is 12. The van der Waals surface area contributed by atoms with E-state index in [1.807, 2.05) is 25.3 Å². The van der Waals surface area contributed by atoms with Gasteiger partial charge in [0.25, 0.3) is 0 Å². The molecule has 1 saturated carbocycles. The number of nitrogens with zero attached hydrogens (tertiary/aromatic N) is 3. The van der Waals surface area contributed by atoms with Crippen LogP contribution in [0.3, 0.4) is 0 Å². The summed E-state index contributed by atoms with van der Waals surface area (Å²) in [6.45, 7) is 7.94. The lowest BCUT2D eigenvalue weighted by Crippen LogP contribution is -2.55. The van der Waals surface area contributed by atoms with Crippen molar-refractivity contribution in [3.05, 3.63) is 65.9 Å². The van der Waals surface area contributed by atoms with Crippen LogP contribution in [0, 0.1) is 11.8 Å². The number of hydrogen-bond donors (Lipinski definition) is 4. The number of imidazole rings is 2. The molecule has 1 saturated heterocycles. The van der Waals surface area contributed by atoms with E-state index in [4.69, 9.17) is 33.7 Å². The van der Waals surface area contributed by atoms with Crippen molar-refractivity contribution in [3.8, 4) is 28.1 Å². The van der Waals surface area contributed by atoms with Crippen molar-refractivity contribution in [3.63, 3.8) is 0 Å². The highest BCUT2D eigenvalue weighted by molar-refractivity contribution is 6.07. The molecule has 2 aromatic heterocycles. The van der Waals surface area contributed by atoms with E-state index in [1.54, 1.807) is 18.7 Å². The maximum absolute atomic E-state index is 14.0. The Morgan fingerprint density at radius 1 is 0.823 bits per heavy atom. The number of nitrogens with one attached hydrogen (secondary N) is 4. The molecule has 2 aliphatic heterocycles. The van der Waals surface area contributed by atoms with Gasteiger partial charge in [-0.25, -0.2) is 19.6 Å². The molecule has 3 amide bonds. The molecule has 4 N–H and O–H groups in total. The second-order valence-corrected chi connectivity index (χ2v) is 16.9. The third kappa shape index (κ3) is 7.74. The Kier molecular flexibility index (Phi) is 12.0. The van der Waals surface area contributed by atoms with Crippen molar-refractivity contribution in [1.29, 1.82) is 0 Å². The SMILES string of the molecule is COC(=O)N[C@H](C(=O)C1[C@@H](C)CC[C@H]1c1ncc(-c2ccc3c(c2)COc2cc4c(ccc5[nH]c([C@@H]6CC[C@H](C)N6C(=O)[C@@H](NC(=O)OC)[C@@H](C)OC)nc54)cc2-3)[nH]1)[C@@H](C)OC. The van der Waals surface area contributed by atoms with Gasteiger partial charge >= 0.3 is 12.2 Å². The lowest BCUT2D eigenvalue weighted by Gasteiger charge is -2.33. The van der Waals surface area contributed by atoms with Gasteiger partial charge in [-0.2, -0.15) is 0 Å². The molecule has 4 heterocycles. The molecule has 3 aromatic carbocycles. The zero-order valence-electron chi connectivity index (χ0n) is 36.4. The third-order valence-corrected chi connectivity index (χ3v) is 13.3. The van der Waals surface area contributed by atoms with Gasteiger partial charge in [0.1, 0.15) is 36.1 Å². The summed E-state index contributed by atoms with van der Waals surface area (Å²) < 4.78 is 27.0. The van der Waals surface area contributed by atoms with E-state index in [1.165, 1.54) is 28.4 Å². The Hall–Kier alpha value is -6.00. The largest absolute Gasteiger partial charge is 0.488 e. The summed E-state index contributed by atoms with van der Waals surface area (Å²) in [5.41, 5.74) is 6.50. The van der Waals surface area contributed by atoms with Crippen molar-refractivity contribution >= 4 is 45.7 Å². The fourth-order valence-corrected chi connectivity index (χ4v) is 9.72. The number of likely N-dealkylation sites (tertiary alicyclic amines) is 1. The predicted molar refractivity (Wildman–Crippen MR) is 230 cm³/mol. The molecule has 1 aliphatic carbocycles. The van der Waals surface area contributed by atoms with Gasteiger partial charge in [-0.1, -0.05) is 25.1 Å². The number of ether oxygens (including phenoxy) is 5. The Labute approximate surface area is 359 Å². The molecule has 328 valence electrons. The molecule has 9 atom stereocenters. The topological polar surface area (TPSA) is 199 Å². The van der Waals surface area contributed by atoms with E-state index in [2.05, 4.69) is 57.9 Å². The minimum atomic E-state index is -0.936. The summed E-state index contributed by atoms with van der Waals surface area (Å²) >= 11 is 0. The van der Waals surface area contributed by atoms with Gasteiger partial charge in [0.2, 0.25) is 5.91 Å². The van der Waals surface area contributed by atoms with Crippen LogP contribution in [0.25, 0.3) is 44.2 Å². The van der Waals surface area contributed by atoms with Crippen molar-refractivity contribution in [2.75, 3.05) is 28.4 Å². The average Bonchev–Trinajstić information content (AvgIpc) is 4.11. The first-order valence-corrected chi connectivity index (χ1v) is 21.2. The maximum Gasteiger partial charge on any atom is 0.407 e. The van der Waals surface area contributed by atoms with E-state index in [0.29, 0.717) is 18.9 Å². The number of ketones is 1. The van der Waals surface area contributed by atoms with Gasteiger partial charge in [0, 0.05) is 43.0 Å². The molecule has 1 unspecified atom stereocenters. The van der Waals surface area contributed by atoms with Crippen molar-refractivity contribution in [1.82, 2.24) is 35.5 Å². The Morgan fingerprint density at radius 3 is 2.27 bits per heavy atom. The molecule has 8 rings (SSSR count). The normalized spacial score (nSPS) is 22.6. The number of carbonyl (C=O) groups is 4. The Balaban J connectivity index is 1.04. The van der Waals surface area contributed by atoms with Crippen LogP contribution >= 0.6 is 0 Å². The summed E-state index contributed by atoms with van der Waals surface area (Å²) in [5.74, 6) is 1.40.